The van der Waals surface area contributed by atoms with Gasteiger partial charge in [-0.25, -0.2) is 4.79 Å². The van der Waals surface area contributed by atoms with Crippen LogP contribution in [0.5, 0.6) is 0 Å². The predicted molar refractivity (Wildman–Crippen MR) is 64.3 cm³/mol. The van der Waals surface area contributed by atoms with Gasteiger partial charge >= 0.3 is 11.9 Å². The Hall–Kier alpha value is -2.50. The van der Waals surface area contributed by atoms with Crippen molar-refractivity contribution in [3.8, 4) is 0 Å². The summed E-state index contributed by atoms with van der Waals surface area (Å²) in [5, 5.41) is 16.1. The molecule has 0 unspecified atom stereocenters. The standard InChI is InChI=1S/C6H8N2.C5H6O4/c7-5-2-1-3-6(8)4-5;1-3(5(8)9)2-4(6)7/h1-4H,7-8H2;1-2H2,(H,6,7)(H,8,9). The monoisotopic (exact) mass is 238 g/mol. The third kappa shape index (κ3) is 7.43. The second kappa shape index (κ2) is 6.89. The van der Waals surface area contributed by atoms with E-state index in [0.29, 0.717) is 11.4 Å². The van der Waals surface area contributed by atoms with E-state index in [1.54, 1.807) is 18.2 Å². The van der Waals surface area contributed by atoms with Crippen molar-refractivity contribution in [3.63, 3.8) is 0 Å². The number of nitrogens with two attached hydrogens (primary N) is 2. The number of anilines is 2. The molecule has 6 N–H and O–H groups in total. The SMILES string of the molecule is C=C(CC(=O)O)C(=O)O.Nc1cccc(N)c1. The van der Waals surface area contributed by atoms with Gasteiger partial charge in [0, 0.05) is 16.9 Å². The minimum Gasteiger partial charge on any atom is -0.481 e. The fraction of sp³-hybridized carbons (Fsp3) is 0.0909. The molecule has 0 saturated carbocycles. The number of rotatable bonds is 3. The summed E-state index contributed by atoms with van der Waals surface area (Å²) in [6, 6.07) is 7.15. The number of carboxylic acid groups (broad SMARTS) is 2. The zero-order valence-electron chi connectivity index (χ0n) is 9.09. The van der Waals surface area contributed by atoms with Gasteiger partial charge in [0.05, 0.1) is 6.42 Å². The molecule has 0 spiro atoms. The highest BCUT2D eigenvalue weighted by atomic mass is 16.4. The number of hydrogen-bond acceptors (Lipinski definition) is 4. The summed E-state index contributed by atoms with van der Waals surface area (Å²) >= 11 is 0. The summed E-state index contributed by atoms with van der Waals surface area (Å²) in [4.78, 5) is 19.7. The summed E-state index contributed by atoms with van der Waals surface area (Å²) in [6.45, 7) is 3.01. The highest BCUT2D eigenvalue weighted by molar-refractivity contribution is 5.91. The molecular formula is C11H14N2O4. The van der Waals surface area contributed by atoms with Crippen molar-refractivity contribution in [2.45, 2.75) is 6.42 Å². The Morgan fingerprint density at radius 3 is 1.82 bits per heavy atom. The molecule has 1 aromatic carbocycles. The fourth-order valence-electron chi connectivity index (χ4n) is 0.817. The molecule has 0 aliphatic rings. The molecule has 0 aliphatic heterocycles. The van der Waals surface area contributed by atoms with Crippen LogP contribution >= 0.6 is 0 Å². The van der Waals surface area contributed by atoms with Gasteiger partial charge in [-0.2, -0.15) is 0 Å². The van der Waals surface area contributed by atoms with E-state index in [0.717, 1.165) is 0 Å². The van der Waals surface area contributed by atoms with Crippen LogP contribution in [0, 0.1) is 0 Å². The van der Waals surface area contributed by atoms with Crippen LogP contribution in [0.3, 0.4) is 0 Å². The van der Waals surface area contributed by atoms with Gasteiger partial charge in [0.2, 0.25) is 0 Å². The van der Waals surface area contributed by atoms with Crippen LogP contribution in [-0.2, 0) is 9.59 Å². The lowest BCUT2D eigenvalue weighted by atomic mass is 10.2. The molecule has 0 radical (unpaired) electrons. The topological polar surface area (TPSA) is 127 Å². The molecule has 1 aromatic rings. The van der Waals surface area contributed by atoms with E-state index in [1.165, 1.54) is 0 Å². The van der Waals surface area contributed by atoms with Gasteiger partial charge in [0.15, 0.2) is 0 Å². The first kappa shape index (κ1) is 14.5. The van der Waals surface area contributed by atoms with Crippen molar-refractivity contribution in [1.29, 1.82) is 0 Å². The normalized spacial score (nSPS) is 8.71. The van der Waals surface area contributed by atoms with E-state index in [1.807, 2.05) is 6.07 Å². The van der Waals surface area contributed by atoms with Crippen LogP contribution in [0.4, 0.5) is 11.4 Å². The van der Waals surface area contributed by atoms with Crippen LogP contribution < -0.4 is 11.5 Å². The zero-order chi connectivity index (χ0) is 13.4. The Balaban J connectivity index is 0.000000302. The van der Waals surface area contributed by atoms with Crippen molar-refractivity contribution < 1.29 is 19.8 Å². The van der Waals surface area contributed by atoms with Crippen LogP contribution in [0.25, 0.3) is 0 Å². The summed E-state index contributed by atoms with van der Waals surface area (Å²) in [6.07, 6.45) is -0.505. The molecule has 6 heteroatoms. The zero-order valence-corrected chi connectivity index (χ0v) is 9.09. The lowest BCUT2D eigenvalue weighted by molar-refractivity contribution is -0.139. The van der Waals surface area contributed by atoms with E-state index in [-0.39, 0.29) is 5.57 Å². The molecule has 6 nitrogen and oxygen atoms in total. The summed E-state index contributed by atoms with van der Waals surface area (Å²) < 4.78 is 0. The Morgan fingerprint density at radius 2 is 1.65 bits per heavy atom. The number of aliphatic carboxylic acids is 2. The molecule has 0 bridgehead atoms. The van der Waals surface area contributed by atoms with E-state index >= 15 is 0 Å². The Labute approximate surface area is 98.2 Å². The lowest BCUT2D eigenvalue weighted by Crippen LogP contribution is -2.04. The molecule has 17 heavy (non-hydrogen) atoms. The second-order valence-corrected chi connectivity index (χ2v) is 3.15. The van der Waals surface area contributed by atoms with E-state index in [2.05, 4.69) is 6.58 Å². The van der Waals surface area contributed by atoms with Gasteiger partial charge in [-0.05, 0) is 18.2 Å². The Morgan fingerprint density at radius 1 is 1.18 bits per heavy atom. The molecule has 0 saturated heterocycles. The average molecular weight is 238 g/mol. The first-order chi connectivity index (χ1) is 7.82. The minimum atomic E-state index is -1.27. The largest absolute Gasteiger partial charge is 0.481 e. The van der Waals surface area contributed by atoms with E-state index in [4.69, 9.17) is 21.7 Å². The van der Waals surface area contributed by atoms with Crippen molar-refractivity contribution >= 4 is 23.3 Å². The van der Waals surface area contributed by atoms with Gasteiger partial charge in [0.25, 0.3) is 0 Å². The van der Waals surface area contributed by atoms with E-state index in [9.17, 15) is 9.59 Å². The van der Waals surface area contributed by atoms with Gasteiger partial charge in [0.1, 0.15) is 0 Å². The molecular weight excluding hydrogens is 224 g/mol. The maximum atomic E-state index is 9.87. The third-order valence-electron chi connectivity index (χ3n) is 1.58. The van der Waals surface area contributed by atoms with E-state index < -0.39 is 18.4 Å². The summed E-state index contributed by atoms with van der Waals surface area (Å²) in [5.74, 6) is -2.44. The Kier molecular flexibility index (Phi) is 5.87. The third-order valence-corrected chi connectivity index (χ3v) is 1.58. The lowest BCUT2D eigenvalue weighted by Gasteiger charge is -1.91. The number of benzene rings is 1. The van der Waals surface area contributed by atoms with Crippen LogP contribution in [0.1, 0.15) is 6.42 Å². The maximum Gasteiger partial charge on any atom is 0.331 e. The van der Waals surface area contributed by atoms with Crippen molar-refractivity contribution in [2.75, 3.05) is 11.5 Å². The average Bonchev–Trinajstić information content (AvgIpc) is 2.16. The molecule has 1 rings (SSSR count). The van der Waals surface area contributed by atoms with Crippen LogP contribution in [0.15, 0.2) is 36.4 Å². The number of nitrogen functional groups attached to an aromatic ring is 2. The molecule has 0 aromatic heterocycles. The molecule has 0 aliphatic carbocycles. The molecule has 0 heterocycles. The van der Waals surface area contributed by atoms with Crippen molar-refractivity contribution in [3.05, 3.63) is 36.4 Å². The maximum absolute atomic E-state index is 9.87. The van der Waals surface area contributed by atoms with Gasteiger partial charge in [-0.3, -0.25) is 4.79 Å². The Bertz CT molecular complexity index is 412. The first-order valence-corrected chi connectivity index (χ1v) is 4.56. The molecule has 0 amide bonds. The molecule has 0 atom stereocenters. The van der Waals surface area contributed by atoms with Gasteiger partial charge < -0.3 is 21.7 Å². The van der Waals surface area contributed by atoms with Crippen molar-refractivity contribution in [2.24, 2.45) is 0 Å². The highest BCUT2D eigenvalue weighted by Crippen LogP contribution is 2.06. The van der Waals surface area contributed by atoms with Gasteiger partial charge in [-0.1, -0.05) is 12.6 Å². The smallest absolute Gasteiger partial charge is 0.331 e. The first-order valence-electron chi connectivity index (χ1n) is 4.56. The quantitative estimate of drug-likeness (QED) is 0.458. The molecule has 92 valence electrons. The number of carboxylic acids is 2. The predicted octanol–water partition coefficient (Wildman–Crippen LogP) is 0.953. The number of hydrogen-bond donors (Lipinski definition) is 4. The highest BCUT2D eigenvalue weighted by Gasteiger charge is 2.07. The van der Waals surface area contributed by atoms with Crippen LogP contribution in [0.2, 0.25) is 0 Å². The van der Waals surface area contributed by atoms with Crippen molar-refractivity contribution in [1.82, 2.24) is 0 Å². The number of carbonyl (C=O) groups is 2. The summed E-state index contributed by atoms with van der Waals surface area (Å²) in [5.41, 5.74) is 11.9. The fourth-order valence-corrected chi connectivity index (χ4v) is 0.817. The summed E-state index contributed by atoms with van der Waals surface area (Å²) in [7, 11) is 0. The molecule has 0 fully saturated rings. The van der Waals surface area contributed by atoms with Gasteiger partial charge in [-0.15, -0.1) is 0 Å². The minimum absolute atomic E-state index is 0.303. The second-order valence-electron chi connectivity index (χ2n) is 3.15. The van der Waals surface area contributed by atoms with Crippen LogP contribution in [-0.4, -0.2) is 22.2 Å².